The number of imidazole rings is 1. The molecule has 3 nitrogen and oxygen atoms in total. The first kappa shape index (κ1) is 9.21. The Bertz CT molecular complexity index is 492. The Labute approximate surface area is 92.9 Å². The van der Waals surface area contributed by atoms with Gasteiger partial charge in [0.2, 0.25) is 0 Å². The maximum absolute atomic E-state index is 4.54. The highest BCUT2D eigenvalue weighted by atomic mass is 32.2. The number of hydrogen-bond acceptors (Lipinski definition) is 3. The van der Waals surface area contributed by atoms with Crippen LogP contribution in [0.1, 0.15) is 13.3 Å². The lowest BCUT2D eigenvalue weighted by atomic mass is 10.1. The largest absolute Gasteiger partial charge is 0.317 e. The minimum atomic E-state index is 0.778. The Hall–Kier alpha value is -1.03. The second-order valence-corrected chi connectivity index (χ2v) is 4.92. The van der Waals surface area contributed by atoms with Crippen LogP contribution in [0.15, 0.2) is 23.5 Å². The van der Waals surface area contributed by atoms with E-state index in [2.05, 4.69) is 27.5 Å². The number of nitrogens with zero attached hydrogens (tertiary/aromatic N) is 3. The van der Waals surface area contributed by atoms with Gasteiger partial charge in [-0.15, -0.1) is 0 Å². The molecule has 2 aromatic heterocycles. The van der Waals surface area contributed by atoms with E-state index in [4.69, 9.17) is 0 Å². The van der Waals surface area contributed by atoms with Crippen molar-refractivity contribution in [1.29, 1.82) is 0 Å². The third kappa shape index (κ3) is 1.44. The Morgan fingerprint density at radius 3 is 3.40 bits per heavy atom. The van der Waals surface area contributed by atoms with E-state index >= 15 is 0 Å². The Kier molecular flexibility index (Phi) is 2.16. The molecule has 2 aromatic rings. The van der Waals surface area contributed by atoms with Gasteiger partial charge in [-0.2, -0.15) is 0 Å². The average Bonchev–Trinajstić information content (AvgIpc) is 2.66. The van der Waals surface area contributed by atoms with E-state index in [1.807, 2.05) is 24.0 Å². The highest BCUT2D eigenvalue weighted by Crippen LogP contribution is 2.31. The molecule has 0 aliphatic carbocycles. The van der Waals surface area contributed by atoms with Crippen LogP contribution in [0, 0.1) is 5.92 Å². The highest BCUT2D eigenvalue weighted by Gasteiger charge is 2.21. The molecule has 4 heteroatoms. The van der Waals surface area contributed by atoms with Crippen molar-refractivity contribution in [3.8, 4) is 0 Å². The summed E-state index contributed by atoms with van der Waals surface area (Å²) < 4.78 is 2.31. The fraction of sp³-hybridized carbons (Fsp3) is 0.455. The van der Waals surface area contributed by atoms with Gasteiger partial charge in [0.15, 0.2) is 10.8 Å². The fourth-order valence-corrected chi connectivity index (χ4v) is 3.18. The lowest BCUT2D eigenvalue weighted by Gasteiger charge is -2.22. The van der Waals surface area contributed by atoms with Crippen molar-refractivity contribution in [2.75, 3.05) is 5.75 Å². The smallest absolute Gasteiger partial charge is 0.178 e. The quantitative estimate of drug-likeness (QED) is 0.738. The fourth-order valence-electron chi connectivity index (χ4n) is 1.98. The van der Waals surface area contributed by atoms with Gasteiger partial charge >= 0.3 is 0 Å². The van der Waals surface area contributed by atoms with Gasteiger partial charge < -0.3 is 4.57 Å². The molecule has 0 amide bonds. The second kappa shape index (κ2) is 3.52. The van der Waals surface area contributed by atoms with Crippen molar-refractivity contribution in [3.05, 3.63) is 18.3 Å². The molecule has 0 N–H and O–H groups in total. The van der Waals surface area contributed by atoms with Gasteiger partial charge in [0.25, 0.3) is 0 Å². The molecular formula is C11H13N3S. The third-order valence-electron chi connectivity index (χ3n) is 2.96. The second-order valence-electron chi connectivity index (χ2n) is 3.94. The molecule has 78 valence electrons. The van der Waals surface area contributed by atoms with Gasteiger partial charge in [0, 0.05) is 18.5 Å². The van der Waals surface area contributed by atoms with Crippen LogP contribution in [0.4, 0.5) is 0 Å². The first-order valence-electron chi connectivity index (χ1n) is 5.32. The molecule has 15 heavy (non-hydrogen) atoms. The molecule has 0 spiro atoms. The molecule has 1 aliphatic rings. The van der Waals surface area contributed by atoms with E-state index in [0.717, 1.165) is 23.3 Å². The molecule has 1 atom stereocenters. The van der Waals surface area contributed by atoms with Crippen LogP contribution >= 0.6 is 11.8 Å². The van der Waals surface area contributed by atoms with Crippen molar-refractivity contribution < 1.29 is 0 Å². The van der Waals surface area contributed by atoms with E-state index in [9.17, 15) is 0 Å². The van der Waals surface area contributed by atoms with Crippen molar-refractivity contribution in [1.82, 2.24) is 14.5 Å². The van der Waals surface area contributed by atoms with Gasteiger partial charge in [-0.1, -0.05) is 25.1 Å². The molecule has 1 unspecified atom stereocenters. The molecule has 0 saturated carbocycles. The van der Waals surface area contributed by atoms with Gasteiger partial charge in [0.05, 0.1) is 5.52 Å². The zero-order valence-corrected chi connectivity index (χ0v) is 9.50. The Morgan fingerprint density at radius 1 is 1.60 bits per heavy atom. The van der Waals surface area contributed by atoms with Crippen molar-refractivity contribution in [3.63, 3.8) is 0 Å². The molecular weight excluding hydrogens is 206 g/mol. The minimum Gasteiger partial charge on any atom is -0.317 e. The van der Waals surface area contributed by atoms with Crippen molar-refractivity contribution in [2.45, 2.75) is 25.0 Å². The first-order valence-corrected chi connectivity index (χ1v) is 6.31. The number of rotatable bonds is 1. The Balaban J connectivity index is 2.14. The molecule has 3 heterocycles. The summed E-state index contributed by atoms with van der Waals surface area (Å²) >= 11 is 1.86. The molecule has 0 bridgehead atoms. The molecule has 0 aromatic carbocycles. The van der Waals surface area contributed by atoms with Gasteiger partial charge in [0.1, 0.15) is 0 Å². The SMILES string of the molecule is CCC1CSc2nc3ncccc3n2C1. The van der Waals surface area contributed by atoms with Crippen LogP contribution in [-0.4, -0.2) is 20.3 Å². The normalized spacial score (nSPS) is 20.5. The van der Waals surface area contributed by atoms with Crippen molar-refractivity contribution in [2.24, 2.45) is 5.92 Å². The van der Waals surface area contributed by atoms with Crippen LogP contribution in [-0.2, 0) is 6.54 Å². The average molecular weight is 219 g/mol. The number of aromatic nitrogens is 3. The van der Waals surface area contributed by atoms with Crippen LogP contribution in [0.5, 0.6) is 0 Å². The predicted molar refractivity (Wildman–Crippen MR) is 62.0 cm³/mol. The number of pyridine rings is 1. The maximum atomic E-state index is 4.54. The van der Waals surface area contributed by atoms with Gasteiger partial charge in [-0.25, -0.2) is 9.97 Å². The zero-order valence-electron chi connectivity index (χ0n) is 8.68. The maximum Gasteiger partial charge on any atom is 0.178 e. The van der Waals surface area contributed by atoms with E-state index < -0.39 is 0 Å². The number of hydrogen-bond donors (Lipinski definition) is 0. The van der Waals surface area contributed by atoms with Crippen LogP contribution in [0.25, 0.3) is 11.2 Å². The summed E-state index contributed by atoms with van der Waals surface area (Å²) in [5, 5.41) is 1.13. The first-order chi connectivity index (χ1) is 7.38. The number of thioether (sulfide) groups is 1. The summed E-state index contributed by atoms with van der Waals surface area (Å²) in [6, 6.07) is 4.09. The van der Waals surface area contributed by atoms with E-state index in [1.54, 1.807) is 0 Å². The highest BCUT2D eigenvalue weighted by molar-refractivity contribution is 7.99. The predicted octanol–water partition coefficient (Wildman–Crippen LogP) is 2.56. The van der Waals surface area contributed by atoms with Crippen molar-refractivity contribution >= 4 is 22.9 Å². The summed E-state index contributed by atoms with van der Waals surface area (Å²) in [6.45, 7) is 3.36. The minimum absolute atomic E-state index is 0.778. The summed E-state index contributed by atoms with van der Waals surface area (Å²) in [4.78, 5) is 8.83. The summed E-state index contributed by atoms with van der Waals surface area (Å²) in [5.74, 6) is 1.97. The van der Waals surface area contributed by atoms with Crippen LogP contribution in [0.3, 0.4) is 0 Å². The van der Waals surface area contributed by atoms with Gasteiger partial charge in [-0.05, 0) is 18.1 Å². The van der Waals surface area contributed by atoms with E-state index in [1.165, 1.54) is 17.7 Å². The molecule has 1 aliphatic heterocycles. The third-order valence-corrected chi connectivity index (χ3v) is 4.16. The lowest BCUT2D eigenvalue weighted by molar-refractivity contribution is 0.448. The summed E-state index contributed by atoms with van der Waals surface area (Å²) in [5.41, 5.74) is 2.06. The standard InChI is InChI=1S/C11H13N3S/c1-2-8-6-14-9-4-3-5-12-10(9)13-11(14)15-7-8/h3-5,8H,2,6-7H2,1H3. The number of fused-ring (bicyclic) bond motifs is 3. The monoisotopic (exact) mass is 219 g/mol. The molecule has 0 fully saturated rings. The molecule has 0 saturated heterocycles. The zero-order chi connectivity index (χ0) is 10.3. The summed E-state index contributed by atoms with van der Waals surface area (Å²) in [7, 11) is 0. The lowest BCUT2D eigenvalue weighted by Crippen LogP contribution is -2.18. The van der Waals surface area contributed by atoms with E-state index in [-0.39, 0.29) is 0 Å². The van der Waals surface area contributed by atoms with Gasteiger partial charge in [-0.3, -0.25) is 0 Å². The Morgan fingerprint density at radius 2 is 2.53 bits per heavy atom. The summed E-state index contributed by atoms with van der Waals surface area (Å²) in [6.07, 6.45) is 3.05. The molecule has 0 radical (unpaired) electrons. The van der Waals surface area contributed by atoms with E-state index in [0.29, 0.717) is 0 Å². The topological polar surface area (TPSA) is 30.7 Å². The molecule has 3 rings (SSSR count). The van der Waals surface area contributed by atoms with Crippen LogP contribution < -0.4 is 0 Å². The van der Waals surface area contributed by atoms with Crippen LogP contribution in [0.2, 0.25) is 0 Å².